The third-order valence-electron chi connectivity index (χ3n) is 3.04. The van der Waals surface area contributed by atoms with E-state index in [0.29, 0.717) is 5.75 Å². The van der Waals surface area contributed by atoms with Crippen LogP contribution >= 0.6 is 13.5 Å². The van der Waals surface area contributed by atoms with Crippen LogP contribution in [-0.4, -0.2) is 5.11 Å². The van der Waals surface area contributed by atoms with Crippen molar-refractivity contribution in [3.05, 3.63) is 29.8 Å². The van der Waals surface area contributed by atoms with Crippen molar-refractivity contribution in [2.24, 2.45) is 0 Å². The molecule has 1 rings (SSSR count). The van der Waals surface area contributed by atoms with Crippen LogP contribution in [0.2, 0.25) is 0 Å². The number of aromatic hydroxyl groups is 1. The fraction of sp³-hybridized carbons (Fsp3) is 0.600. The van der Waals surface area contributed by atoms with E-state index in [2.05, 4.69) is 6.92 Å². The molecule has 2 heteroatoms. The van der Waals surface area contributed by atoms with Crippen molar-refractivity contribution in [1.82, 2.24) is 0 Å². The molecule has 0 atom stereocenters. The molecule has 0 aliphatic rings. The Morgan fingerprint density at radius 1 is 0.882 bits per heavy atom. The number of hydrogen-bond acceptors (Lipinski definition) is 1. The molecule has 1 N–H and O–H groups in total. The molecule has 98 valence electrons. The highest BCUT2D eigenvalue weighted by Gasteiger charge is 1.98. The molecule has 0 unspecified atom stereocenters. The molecule has 1 aromatic rings. The van der Waals surface area contributed by atoms with Crippen LogP contribution in [0.3, 0.4) is 0 Å². The molecule has 0 amide bonds. The first-order valence-electron chi connectivity index (χ1n) is 6.61. The minimum Gasteiger partial charge on any atom is -0.508 e. The van der Waals surface area contributed by atoms with E-state index in [1.165, 1.54) is 44.9 Å². The van der Waals surface area contributed by atoms with Gasteiger partial charge in [0.15, 0.2) is 0 Å². The number of para-hydroxylation sites is 1. The summed E-state index contributed by atoms with van der Waals surface area (Å²) in [6.45, 7) is 2.25. The number of unbranched alkanes of at least 4 members (excludes halogenated alkanes) is 6. The molecular weight excluding hydrogens is 228 g/mol. The van der Waals surface area contributed by atoms with E-state index < -0.39 is 0 Å². The molecular formula is C15H26OS. The van der Waals surface area contributed by atoms with E-state index in [0.717, 1.165) is 12.0 Å². The first-order chi connectivity index (χ1) is 7.84. The Bertz CT molecular complexity index is 286. The highest BCUT2D eigenvalue weighted by molar-refractivity contribution is 7.59. The monoisotopic (exact) mass is 254 g/mol. The molecule has 17 heavy (non-hydrogen) atoms. The van der Waals surface area contributed by atoms with Gasteiger partial charge in [0.2, 0.25) is 0 Å². The Morgan fingerprint density at radius 3 is 2.12 bits per heavy atom. The van der Waals surface area contributed by atoms with Gasteiger partial charge in [0.25, 0.3) is 0 Å². The lowest BCUT2D eigenvalue weighted by Gasteiger charge is -2.04. The predicted molar refractivity (Wildman–Crippen MR) is 80.2 cm³/mol. The Labute approximate surface area is 113 Å². The zero-order valence-electron chi connectivity index (χ0n) is 10.9. The molecule has 0 bridgehead atoms. The zero-order chi connectivity index (χ0) is 11.6. The number of hydrogen-bond donors (Lipinski definition) is 1. The van der Waals surface area contributed by atoms with Crippen molar-refractivity contribution < 1.29 is 5.11 Å². The fourth-order valence-corrected chi connectivity index (χ4v) is 1.99. The smallest absolute Gasteiger partial charge is 0.118 e. The van der Waals surface area contributed by atoms with Crippen LogP contribution in [0.1, 0.15) is 57.4 Å². The van der Waals surface area contributed by atoms with Crippen LogP contribution in [0, 0.1) is 0 Å². The van der Waals surface area contributed by atoms with Gasteiger partial charge in [-0.3, -0.25) is 0 Å². The zero-order valence-corrected chi connectivity index (χ0v) is 11.9. The third-order valence-corrected chi connectivity index (χ3v) is 3.04. The van der Waals surface area contributed by atoms with Gasteiger partial charge in [0.1, 0.15) is 5.75 Å². The molecule has 0 fully saturated rings. The highest BCUT2D eigenvalue weighted by Crippen LogP contribution is 2.18. The van der Waals surface area contributed by atoms with E-state index in [4.69, 9.17) is 0 Å². The van der Waals surface area contributed by atoms with Crippen LogP contribution in [0.15, 0.2) is 24.3 Å². The standard InChI is InChI=1S/C15H24O.H2S/c1-2-3-4-5-6-7-8-11-14-12-9-10-13-15(14)16;/h9-10,12-13,16H,2-8,11H2,1H3;1H2. The summed E-state index contributed by atoms with van der Waals surface area (Å²) in [7, 11) is 0. The van der Waals surface area contributed by atoms with Gasteiger partial charge in [-0.1, -0.05) is 63.6 Å². The van der Waals surface area contributed by atoms with Gasteiger partial charge in [-0.2, -0.15) is 13.5 Å². The van der Waals surface area contributed by atoms with E-state index in [1.807, 2.05) is 18.2 Å². The molecule has 0 aliphatic carbocycles. The second-order valence-corrected chi connectivity index (χ2v) is 4.50. The summed E-state index contributed by atoms with van der Waals surface area (Å²) in [5.74, 6) is 0.452. The quantitative estimate of drug-likeness (QED) is 0.661. The van der Waals surface area contributed by atoms with E-state index >= 15 is 0 Å². The molecule has 1 nitrogen and oxygen atoms in total. The van der Waals surface area contributed by atoms with Gasteiger partial charge in [-0.25, -0.2) is 0 Å². The average molecular weight is 254 g/mol. The lowest BCUT2D eigenvalue weighted by Crippen LogP contribution is -1.87. The van der Waals surface area contributed by atoms with E-state index in [-0.39, 0.29) is 13.5 Å². The molecule has 0 heterocycles. The van der Waals surface area contributed by atoms with Crippen LogP contribution < -0.4 is 0 Å². The van der Waals surface area contributed by atoms with Crippen LogP contribution in [0.4, 0.5) is 0 Å². The number of aryl methyl sites for hydroxylation is 1. The molecule has 1 aromatic carbocycles. The first-order valence-corrected chi connectivity index (χ1v) is 6.61. The topological polar surface area (TPSA) is 20.2 Å². The Morgan fingerprint density at radius 2 is 1.47 bits per heavy atom. The minimum absolute atomic E-state index is 0. The summed E-state index contributed by atoms with van der Waals surface area (Å²) < 4.78 is 0. The molecule has 0 aliphatic heterocycles. The summed E-state index contributed by atoms with van der Waals surface area (Å²) in [5, 5.41) is 9.58. The molecule has 0 radical (unpaired) electrons. The summed E-state index contributed by atoms with van der Waals surface area (Å²) in [6, 6.07) is 7.67. The maximum absolute atomic E-state index is 9.58. The summed E-state index contributed by atoms with van der Waals surface area (Å²) in [5.41, 5.74) is 1.09. The van der Waals surface area contributed by atoms with Crippen molar-refractivity contribution in [2.75, 3.05) is 0 Å². The molecule has 0 saturated heterocycles. The molecule has 0 aromatic heterocycles. The number of benzene rings is 1. The average Bonchev–Trinajstić information content (AvgIpc) is 2.30. The first kappa shape index (κ1) is 16.4. The van der Waals surface area contributed by atoms with E-state index in [1.54, 1.807) is 6.07 Å². The fourth-order valence-electron chi connectivity index (χ4n) is 1.99. The SMILES string of the molecule is CCCCCCCCCc1ccccc1O.S. The van der Waals surface area contributed by atoms with Gasteiger partial charge in [0, 0.05) is 0 Å². The maximum atomic E-state index is 9.58. The van der Waals surface area contributed by atoms with Gasteiger partial charge < -0.3 is 5.11 Å². The highest BCUT2D eigenvalue weighted by atomic mass is 32.1. The maximum Gasteiger partial charge on any atom is 0.118 e. The van der Waals surface area contributed by atoms with Gasteiger partial charge in [-0.05, 0) is 24.5 Å². The lowest BCUT2D eigenvalue weighted by molar-refractivity contribution is 0.466. The van der Waals surface area contributed by atoms with Crippen molar-refractivity contribution in [2.45, 2.75) is 58.3 Å². The van der Waals surface area contributed by atoms with Crippen molar-refractivity contribution >= 4 is 13.5 Å². The summed E-state index contributed by atoms with van der Waals surface area (Å²) >= 11 is 0. The summed E-state index contributed by atoms with van der Waals surface area (Å²) in [4.78, 5) is 0. The van der Waals surface area contributed by atoms with Gasteiger partial charge >= 0.3 is 0 Å². The second kappa shape index (κ2) is 10.5. The Balaban J connectivity index is 0.00000256. The number of phenolic OH excluding ortho intramolecular Hbond substituents is 1. The van der Waals surface area contributed by atoms with E-state index in [9.17, 15) is 5.11 Å². The third kappa shape index (κ3) is 7.32. The largest absolute Gasteiger partial charge is 0.508 e. The second-order valence-electron chi connectivity index (χ2n) is 4.50. The summed E-state index contributed by atoms with van der Waals surface area (Å²) in [6.07, 6.45) is 10.3. The van der Waals surface area contributed by atoms with Crippen molar-refractivity contribution in [3.63, 3.8) is 0 Å². The Hall–Kier alpha value is -0.630. The van der Waals surface area contributed by atoms with Crippen LogP contribution in [0.5, 0.6) is 5.75 Å². The minimum atomic E-state index is 0. The van der Waals surface area contributed by atoms with Crippen LogP contribution in [0.25, 0.3) is 0 Å². The molecule has 0 spiro atoms. The lowest BCUT2D eigenvalue weighted by atomic mass is 10.0. The Kier molecular flexibility index (Phi) is 10.1. The normalized spacial score (nSPS) is 9.94. The number of phenols is 1. The van der Waals surface area contributed by atoms with Crippen LogP contribution in [-0.2, 0) is 6.42 Å². The predicted octanol–water partition coefficient (Wildman–Crippen LogP) is 4.80. The number of rotatable bonds is 8. The van der Waals surface area contributed by atoms with Crippen molar-refractivity contribution in [3.8, 4) is 5.75 Å². The van der Waals surface area contributed by atoms with Gasteiger partial charge in [-0.15, -0.1) is 0 Å². The van der Waals surface area contributed by atoms with Crippen molar-refractivity contribution in [1.29, 1.82) is 0 Å². The molecule has 0 saturated carbocycles. The van der Waals surface area contributed by atoms with Gasteiger partial charge in [0.05, 0.1) is 0 Å².